The average molecular weight is 505 g/mol. The average Bonchev–Trinajstić information content (AvgIpc) is 2.77. The molecule has 0 atom stereocenters. The second-order valence-corrected chi connectivity index (χ2v) is 9.99. The molecule has 0 unspecified atom stereocenters. The van der Waals surface area contributed by atoms with Crippen molar-refractivity contribution in [3.8, 4) is 11.1 Å². The molecule has 0 aliphatic heterocycles. The SMILES string of the molecule is CNc1ccc(-c2ccc(NC(=O)c3cccc(C(C)=O)c3)cc2S(=O)(=O)O)c(S(=O)(=O)O)c1. The van der Waals surface area contributed by atoms with Crippen molar-refractivity contribution in [2.45, 2.75) is 16.7 Å². The third kappa shape index (κ3) is 5.48. The van der Waals surface area contributed by atoms with Gasteiger partial charge in [-0.1, -0.05) is 24.3 Å². The second kappa shape index (κ2) is 9.35. The summed E-state index contributed by atoms with van der Waals surface area (Å²) in [5.41, 5.74) is 0.373. The summed E-state index contributed by atoms with van der Waals surface area (Å²) in [7, 11) is -8.13. The van der Waals surface area contributed by atoms with E-state index in [2.05, 4.69) is 10.6 Å². The molecule has 1 amide bonds. The Morgan fingerprint density at radius 1 is 0.735 bits per heavy atom. The Morgan fingerprint density at radius 2 is 1.24 bits per heavy atom. The van der Waals surface area contributed by atoms with Crippen molar-refractivity contribution < 1.29 is 35.5 Å². The molecule has 3 aromatic rings. The maximum Gasteiger partial charge on any atom is 0.295 e. The minimum absolute atomic E-state index is 0.0187. The molecule has 0 bridgehead atoms. The number of hydrogen-bond acceptors (Lipinski definition) is 7. The van der Waals surface area contributed by atoms with Crippen LogP contribution in [0.2, 0.25) is 0 Å². The van der Waals surface area contributed by atoms with Gasteiger partial charge in [-0.3, -0.25) is 18.7 Å². The molecule has 0 heterocycles. The van der Waals surface area contributed by atoms with Gasteiger partial charge in [0.05, 0.1) is 0 Å². The Labute approximate surface area is 196 Å². The van der Waals surface area contributed by atoms with Crippen LogP contribution in [0.3, 0.4) is 0 Å². The summed E-state index contributed by atoms with van der Waals surface area (Å²) in [5.74, 6) is -0.888. The largest absolute Gasteiger partial charge is 0.388 e. The van der Waals surface area contributed by atoms with Crippen molar-refractivity contribution >= 4 is 43.3 Å². The van der Waals surface area contributed by atoms with Crippen LogP contribution in [0, 0.1) is 0 Å². The molecule has 0 radical (unpaired) electrons. The van der Waals surface area contributed by atoms with Crippen LogP contribution in [0.4, 0.5) is 11.4 Å². The Balaban J connectivity index is 2.10. The number of benzene rings is 3. The highest BCUT2D eigenvalue weighted by Gasteiger charge is 2.24. The predicted molar refractivity (Wildman–Crippen MR) is 125 cm³/mol. The Bertz CT molecular complexity index is 1510. The number of rotatable bonds is 7. The van der Waals surface area contributed by atoms with E-state index in [0.29, 0.717) is 11.3 Å². The maximum atomic E-state index is 12.6. The van der Waals surface area contributed by atoms with E-state index in [1.54, 1.807) is 0 Å². The van der Waals surface area contributed by atoms with Crippen molar-refractivity contribution in [3.05, 3.63) is 71.8 Å². The van der Waals surface area contributed by atoms with Crippen molar-refractivity contribution in [3.63, 3.8) is 0 Å². The van der Waals surface area contributed by atoms with Gasteiger partial charge in [-0.05, 0) is 43.3 Å². The molecule has 0 saturated carbocycles. The van der Waals surface area contributed by atoms with Crippen molar-refractivity contribution in [2.75, 3.05) is 17.7 Å². The van der Waals surface area contributed by atoms with E-state index < -0.39 is 35.9 Å². The van der Waals surface area contributed by atoms with E-state index in [-0.39, 0.29) is 28.2 Å². The lowest BCUT2D eigenvalue weighted by Gasteiger charge is -2.14. The molecular weight excluding hydrogens is 484 g/mol. The zero-order valence-electron chi connectivity index (χ0n) is 17.9. The quantitative estimate of drug-likeness (QED) is 0.279. The molecule has 3 rings (SSSR count). The third-order valence-corrected chi connectivity index (χ3v) is 6.67. The molecule has 0 aromatic heterocycles. The molecule has 0 aliphatic carbocycles. The number of hydrogen-bond donors (Lipinski definition) is 4. The van der Waals surface area contributed by atoms with Gasteiger partial charge in [-0.15, -0.1) is 0 Å². The fraction of sp³-hybridized carbons (Fsp3) is 0.0909. The lowest BCUT2D eigenvalue weighted by molar-refractivity contribution is 0.101. The van der Waals surface area contributed by atoms with Gasteiger partial charge in [0.25, 0.3) is 26.1 Å². The number of carbonyl (C=O) groups excluding carboxylic acids is 2. The number of nitrogens with one attached hydrogen (secondary N) is 2. The molecule has 12 heteroatoms. The van der Waals surface area contributed by atoms with E-state index in [1.165, 1.54) is 62.5 Å². The molecule has 3 aromatic carbocycles. The number of anilines is 2. The van der Waals surface area contributed by atoms with Crippen molar-refractivity contribution in [1.29, 1.82) is 0 Å². The topological polar surface area (TPSA) is 167 Å². The second-order valence-electron chi connectivity index (χ2n) is 7.21. The summed E-state index contributed by atoms with van der Waals surface area (Å²) in [6.45, 7) is 1.35. The van der Waals surface area contributed by atoms with Gasteiger partial charge in [-0.2, -0.15) is 16.8 Å². The van der Waals surface area contributed by atoms with E-state index in [9.17, 15) is 35.5 Å². The highest BCUT2D eigenvalue weighted by Crippen LogP contribution is 2.35. The highest BCUT2D eigenvalue weighted by atomic mass is 32.2. The number of carbonyl (C=O) groups is 2. The molecule has 0 aliphatic rings. The summed E-state index contributed by atoms with van der Waals surface area (Å²) in [5, 5.41) is 5.18. The molecule has 0 spiro atoms. The summed E-state index contributed by atoms with van der Waals surface area (Å²) < 4.78 is 67.6. The van der Waals surface area contributed by atoms with Crippen LogP contribution in [0.15, 0.2) is 70.5 Å². The number of amides is 1. The first kappa shape index (κ1) is 25.1. The molecule has 0 saturated heterocycles. The summed E-state index contributed by atoms with van der Waals surface area (Å²) in [6, 6.07) is 13.2. The van der Waals surface area contributed by atoms with Crippen LogP contribution < -0.4 is 10.6 Å². The van der Waals surface area contributed by atoms with Crippen molar-refractivity contribution in [2.24, 2.45) is 0 Å². The maximum absolute atomic E-state index is 12.6. The highest BCUT2D eigenvalue weighted by molar-refractivity contribution is 7.86. The summed E-state index contributed by atoms with van der Waals surface area (Å²) in [4.78, 5) is 22.9. The lowest BCUT2D eigenvalue weighted by Crippen LogP contribution is -2.13. The number of ketones is 1. The Kier molecular flexibility index (Phi) is 6.89. The first-order valence-corrected chi connectivity index (χ1v) is 12.5. The zero-order chi connectivity index (χ0) is 25.3. The van der Waals surface area contributed by atoms with Gasteiger partial charge in [0.1, 0.15) is 9.79 Å². The summed E-state index contributed by atoms with van der Waals surface area (Å²) >= 11 is 0. The Morgan fingerprint density at radius 3 is 1.74 bits per heavy atom. The third-order valence-electron chi connectivity index (χ3n) is 4.89. The molecule has 4 N–H and O–H groups in total. The first-order chi connectivity index (χ1) is 15.8. The summed E-state index contributed by atoms with van der Waals surface area (Å²) in [6.07, 6.45) is 0. The standard InChI is InChI=1S/C22H20N2O8S2/c1-13(25)14-4-3-5-15(10-14)22(26)24-17-7-9-19(21(12-17)34(30,31)32)18-8-6-16(23-2)11-20(18)33(27,28)29/h3-12,23H,1-2H3,(H,24,26)(H,27,28,29)(H,30,31,32). The molecule has 34 heavy (non-hydrogen) atoms. The minimum Gasteiger partial charge on any atom is -0.388 e. The van der Waals surface area contributed by atoms with Crippen LogP contribution in [-0.2, 0) is 20.2 Å². The van der Waals surface area contributed by atoms with Crippen LogP contribution in [0.25, 0.3) is 11.1 Å². The van der Waals surface area contributed by atoms with Gasteiger partial charge in [0, 0.05) is 40.7 Å². The van der Waals surface area contributed by atoms with E-state index in [4.69, 9.17) is 0 Å². The van der Waals surface area contributed by atoms with Gasteiger partial charge < -0.3 is 10.6 Å². The zero-order valence-corrected chi connectivity index (χ0v) is 19.6. The van der Waals surface area contributed by atoms with Crippen LogP contribution in [0.1, 0.15) is 27.6 Å². The van der Waals surface area contributed by atoms with Gasteiger partial charge in [-0.25, -0.2) is 0 Å². The van der Waals surface area contributed by atoms with E-state index >= 15 is 0 Å². The lowest BCUT2D eigenvalue weighted by atomic mass is 10.0. The number of Topliss-reactive ketones (excluding diaryl/α,β-unsaturated/α-hetero) is 1. The fourth-order valence-electron chi connectivity index (χ4n) is 3.23. The van der Waals surface area contributed by atoms with Gasteiger partial charge in [0.15, 0.2) is 5.78 Å². The van der Waals surface area contributed by atoms with E-state index in [1.807, 2.05) is 0 Å². The van der Waals surface area contributed by atoms with Crippen LogP contribution in [-0.4, -0.2) is 44.7 Å². The first-order valence-electron chi connectivity index (χ1n) is 9.65. The minimum atomic E-state index is -4.89. The molecule has 178 valence electrons. The monoisotopic (exact) mass is 504 g/mol. The molecular formula is C22H20N2O8S2. The van der Waals surface area contributed by atoms with Crippen LogP contribution >= 0.6 is 0 Å². The Hall–Kier alpha value is -3.58. The van der Waals surface area contributed by atoms with Crippen LogP contribution in [0.5, 0.6) is 0 Å². The smallest absolute Gasteiger partial charge is 0.295 e. The van der Waals surface area contributed by atoms with Crippen molar-refractivity contribution in [1.82, 2.24) is 0 Å². The normalized spacial score (nSPS) is 11.6. The molecule has 0 fully saturated rings. The van der Waals surface area contributed by atoms with Gasteiger partial charge >= 0.3 is 0 Å². The van der Waals surface area contributed by atoms with E-state index in [0.717, 1.165) is 12.1 Å². The predicted octanol–water partition coefficient (Wildman–Crippen LogP) is 3.34. The fourth-order valence-corrected chi connectivity index (χ4v) is 4.70. The van der Waals surface area contributed by atoms with Gasteiger partial charge in [0.2, 0.25) is 0 Å². The molecule has 10 nitrogen and oxygen atoms in total.